The minimum atomic E-state index is -3.56. The number of rotatable bonds is 3. The van der Waals surface area contributed by atoms with E-state index in [2.05, 4.69) is 0 Å². The molecule has 0 atom stereocenters. The summed E-state index contributed by atoms with van der Waals surface area (Å²) >= 11 is 23.0. The van der Waals surface area contributed by atoms with Crippen LogP contribution in [0.1, 0.15) is 0 Å². The highest BCUT2D eigenvalue weighted by Crippen LogP contribution is 2.44. The Morgan fingerprint density at radius 1 is 1.18 bits per heavy atom. The van der Waals surface area contributed by atoms with E-state index in [1.54, 1.807) is 12.1 Å². The largest absolute Gasteiger partial charge is 0.257 e. The summed E-state index contributed by atoms with van der Waals surface area (Å²) in [5.41, 5.74) is 0.355. The SMILES string of the molecule is CS(=O)(=O)N(SC(Cl)(Cl)Cl)c1ccc(Cl)cc1. The number of halogens is 4. The van der Waals surface area contributed by atoms with E-state index in [4.69, 9.17) is 46.4 Å². The van der Waals surface area contributed by atoms with Gasteiger partial charge in [0.1, 0.15) is 0 Å². The summed E-state index contributed by atoms with van der Waals surface area (Å²) < 4.78 is 22.3. The fourth-order valence-corrected chi connectivity index (χ4v) is 3.88. The molecule has 1 aromatic rings. The zero-order chi connectivity index (χ0) is 13.3. The average molecular weight is 355 g/mol. The van der Waals surface area contributed by atoms with Gasteiger partial charge in [0, 0.05) is 17.0 Å². The molecule has 0 saturated heterocycles. The normalized spacial score (nSPS) is 12.5. The first-order chi connectivity index (χ1) is 7.59. The van der Waals surface area contributed by atoms with E-state index in [0.717, 1.165) is 9.97 Å². The smallest absolute Gasteiger partial charge is 0.208 e. The van der Waals surface area contributed by atoms with Crippen LogP contribution >= 0.6 is 58.4 Å². The Labute approximate surface area is 124 Å². The molecule has 1 rings (SSSR count). The summed E-state index contributed by atoms with van der Waals surface area (Å²) in [6, 6.07) is 6.14. The molecule has 17 heavy (non-hydrogen) atoms. The van der Waals surface area contributed by atoms with Gasteiger partial charge in [-0.1, -0.05) is 46.4 Å². The Kier molecular flexibility index (Phi) is 5.15. The molecule has 0 aliphatic heterocycles. The van der Waals surface area contributed by atoms with Gasteiger partial charge in [-0.25, -0.2) is 12.1 Å². The van der Waals surface area contributed by atoms with Crippen molar-refractivity contribution in [3.63, 3.8) is 0 Å². The maximum Gasteiger partial charge on any atom is 0.257 e. The van der Waals surface area contributed by atoms with Crippen molar-refractivity contribution in [3.05, 3.63) is 29.3 Å². The summed E-state index contributed by atoms with van der Waals surface area (Å²) in [5, 5.41) is 0.487. The standard InChI is InChI=1S/C8H7Cl4NO2S2/c1-17(14,15)13(16-8(10,11)12)7-4-2-6(9)3-5-7/h2-5H,1H3. The third-order valence-electron chi connectivity index (χ3n) is 1.53. The average Bonchev–Trinajstić information content (AvgIpc) is 2.13. The highest BCUT2D eigenvalue weighted by atomic mass is 35.6. The maximum absolute atomic E-state index is 11.6. The number of hydrogen-bond donors (Lipinski definition) is 0. The highest BCUT2D eigenvalue weighted by molar-refractivity contribution is 8.17. The first kappa shape index (κ1) is 15.5. The summed E-state index contributed by atoms with van der Waals surface area (Å²) in [7, 11) is -3.56. The zero-order valence-electron chi connectivity index (χ0n) is 8.40. The van der Waals surface area contributed by atoms with Crippen molar-refractivity contribution in [3.8, 4) is 0 Å². The highest BCUT2D eigenvalue weighted by Gasteiger charge is 2.30. The molecule has 0 amide bonds. The van der Waals surface area contributed by atoms with Gasteiger partial charge in [-0.3, -0.25) is 0 Å². The van der Waals surface area contributed by atoms with Crippen molar-refractivity contribution >= 4 is 74.1 Å². The van der Waals surface area contributed by atoms with Crippen molar-refractivity contribution in [2.75, 3.05) is 9.97 Å². The number of benzene rings is 1. The van der Waals surface area contributed by atoms with Gasteiger partial charge in [0.2, 0.25) is 10.0 Å². The van der Waals surface area contributed by atoms with Gasteiger partial charge >= 0.3 is 0 Å². The number of anilines is 1. The van der Waals surface area contributed by atoms with E-state index in [1.165, 1.54) is 12.1 Å². The van der Waals surface area contributed by atoms with Gasteiger partial charge < -0.3 is 0 Å². The molecule has 0 fully saturated rings. The molecule has 0 aromatic heterocycles. The van der Waals surface area contributed by atoms with E-state index < -0.39 is 13.1 Å². The molecule has 1 aromatic carbocycles. The van der Waals surface area contributed by atoms with Gasteiger partial charge in [0.05, 0.1) is 11.9 Å². The fraction of sp³-hybridized carbons (Fsp3) is 0.250. The number of alkyl halides is 3. The molecule has 96 valence electrons. The summed E-state index contributed by atoms with van der Waals surface area (Å²) in [5.74, 6) is 0. The molecular formula is C8H7Cl4NO2S2. The summed E-state index contributed by atoms with van der Waals surface area (Å²) in [6.07, 6.45) is 1.02. The molecule has 0 bridgehead atoms. The van der Waals surface area contributed by atoms with Crippen LogP contribution in [0, 0.1) is 0 Å². The molecule has 0 radical (unpaired) electrons. The number of sulfonamides is 1. The Hall–Kier alpha value is 0.480. The molecule has 0 spiro atoms. The molecular weight excluding hydrogens is 348 g/mol. The van der Waals surface area contributed by atoms with Gasteiger partial charge in [0.25, 0.3) is 3.12 Å². The molecule has 3 nitrogen and oxygen atoms in total. The van der Waals surface area contributed by atoms with E-state index in [1.807, 2.05) is 0 Å². The van der Waals surface area contributed by atoms with Crippen molar-refractivity contribution in [2.24, 2.45) is 0 Å². The van der Waals surface area contributed by atoms with Crippen LogP contribution in [0.15, 0.2) is 24.3 Å². The third kappa shape index (κ3) is 5.32. The minimum Gasteiger partial charge on any atom is -0.208 e. The third-order valence-corrected chi connectivity index (χ3v) is 4.83. The first-order valence-electron chi connectivity index (χ1n) is 4.11. The zero-order valence-corrected chi connectivity index (χ0v) is 13.1. The second-order valence-corrected chi connectivity index (χ2v) is 9.62. The van der Waals surface area contributed by atoms with E-state index in [9.17, 15) is 8.42 Å². The van der Waals surface area contributed by atoms with Crippen LogP contribution in [0.4, 0.5) is 5.69 Å². The number of nitrogens with zero attached hydrogens (tertiary/aromatic N) is 1. The van der Waals surface area contributed by atoms with Crippen molar-refractivity contribution in [1.82, 2.24) is 0 Å². The van der Waals surface area contributed by atoms with Crippen LogP contribution in [0.25, 0.3) is 0 Å². The fourth-order valence-electron chi connectivity index (χ4n) is 0.969. The Bertz CT molecular complexity index is 483. The molecule has 0 aliphatic rings. The molecule has 0 saturated carbocycles. The van der Waals surface area contributed by atoms with Gasteiger partial charge in [-0.05, 0) is 24.3 Å². The second-order valence-electron chi connectivity index (χ2n) is 3.00. The Morgan fingerprint density at radius 2 is 1.65 bits per heavy atom. The van der Waals surface area contributed by atoms with E-state index in [-0.39, 0.29) is 0 Å². The lowest BCUT2D eigenvalue weighted by molar-refractivity contribution is 0.604. The maximum atomic E-state index is 11.6. The lowest BCUT2D eigenvalue weighted by Gasteiger charge is -2.24. The monoisotopic (exact) mass is 353 g/mol. The van der Waals surface area contributed by atoms with Crippen LogP contribution in [-0.2, 0) is 10.0 Å². The number of hydrogen-bond acceptors (Lipinski definition) is 3. The molecule has 0 aliphatic carbocycles. The molecule has 0 N–H and O–H groups in total. The molecule has 9 heteroatoms. The lowest BCUT2D eigenvalue weighted by Crippen LogP contribution is -2.25. The van der Waals surface area contributed by atoms with E-state index >= 15 is 0 Å². The topological polar surface area (TPSA) is 37.4 Å². The van der Waals surface area contributed by atoms with Crippen LogP contribution < -0.4 is 3.71 Å². The molecule has 0 unspecified atom stereocenters. The quantitative estimate of drug-likeness (QED) is 0.606. The van der Waals surface area contributed by atoms with Crippen LogP contribution in [0.5, 0.6) is 0 Å². The second kappa shape index (κ2) is 5.63. The van der Waals surface area contributed by atoms with Crippen LogP contribution in [0.2, 0.25) is 5.02 Å². The summed E-state index contributed by atoms with van der Waals surface area (Å²) in [6.45, 7) is 0. The van der Waals surface area contributed by atoms with E-state index in [0.29, 0.717) is 22.7 Å². The van der Waals surface area contributed by atoms with Gasteiger partial charge in [-0.15, -0.1) is 0 Å². The Balaban J connectivity index is 3.12. The van der Waals surface area contributed by atoms with Crippen molar-refractivity contribution < 1.29 is 8.42 Å². The van der Waals surface area contributed by atoms with Crippen molar-refractivity contribution in [2.45, 2.75) is 3.12 Å². The predicted octanol–water partition coefficient (Wildman–Crippen LogP) is 4.08. The molecule has 0 heterocycles. The first-order valence-corrected chi connectivity index (χ1v) is 8.25. The van der Waals surface area contributed by atoms with Crippen LogP contribution in [-0.4, -0.2) is 17.8 Å². The van der Waals surface area contributed by atoms with Gasteiger partial charge in [-0.2, -0.15) is 0 Å². The van der Waals surface area contributed by atoms with Gasteiger partial charge in [0.15, 0.2) is 0 Å². The lowest BCUT2D eigenvalue weighted by atomic mass is 10.3. The van der Waals surface area contributed by atoms with Crippen molar-refractivity contribution in [1.29, 1.82) is 0 Å². The minimum absolute atomic E-state index is 0.355. The van der Waals surface area contributed by atoms with Crippen LogP contribution in [0.3, 0.4) is 0 Å². The summed E-state index contributed by atoms with van der Waals surface area (Å²) in [4.78, 5) is 0. The predicted molar refractivity (Wildman–Crippen MR) is 76.7 cm³/mol. The Morgan fingerprint density at radius 3 is 2.00 bits per heavy atom.